The maximum absolute atomic E-state index is 11.9. The maximum Gasteiger partial charge on any atom is 0.237 e. The normalized spacial score (nSPS) is 39.6. The van der Waals surface area contributed by atoms with E-state index in [1.807, 2.05) is 0 Å². The summed E-state index contributed by atoms with van der Waals surface area (Å²) >= 11 is 0. The summed E-state index contributed by atoms with van der Waals surface area (Å²) in [5.41, 5.74) is 0. The van der Waals surface area contributed by atoms with Crippen molar-refractivity contribution >= 4 is 5.91 Å². The van der Waals surface area contributed by atoms with E-state index < -0.39 is 0 Å². The predicted molar refractivity (Wildman–Crippen MR) is 62.2 cm³/mol. The number of carbonyl (C=O) groups excluding carboxylic acids is 1. The fourth-order valence-corrected chi connectivity index (χ4v) is 2.73. The minimum absolute atomic E-state index is 0.0356. The Morgan fingerprint density at radius 3 is 2.56 bits per heavy atom. The lowest BCUT2D eigenvalue weighted by atomic mass is 9.99. The van der Waals surface area contributed by atoms with Crippen molar-refractivity contribution in [2.75, 3.05) is 6.54 Å². The van der Waals surface area contributed by atoms with E-state index in [-0.39, 0.29) is 30.2 Å². The smallest absolute Gasteiger partial charge is 0.237 e. The number of ether oxygens (including phenoxy) is 1. The highest BCUT2D eigenvalue weighted by atomic mass is 16.5. The van der Waals surface area contributed by atoms with Crippen molar-refractivity contribution < 1.29 is 9.53 Å². The third-order valence-electron chi connectivity index (χ3n) is 3.42. The Bertz CT molecular complexity index is 241. The second-order valence-corrected chi connectivity index (χ2v) is 5.08. The molecule has 0 saturated carbocycles. The minimum atomic E-state index is 0.0356. The van der Waals surface area contributed by atoms with E-state index in [1.165, 1.54) is 0 Å². The molecule has 2 saturated heterocycles. The monoisotopic (exact) mass is 226 g/mol. The van der Waals surface area contributed by atoms with Crippen LogP contribution >= 0.6 is 0 Å². The molecule has 0 spiro atoms. The van der Waals surface area contributed by atoms with Crippen LogP contribution < -0.4 is 10.6 Å². The van der Waals surface area contributed by atoms with Crippen LogP contribution in [0.1, 0.15) is 39.5 Å². The summed E-state index contributed by atoms with van der Waals surface area (Å²) in [5.74, 6) is 0.170. The van der Waals surface area contributed by atoms with Crippen molar-refractivity contribution in [1.29, 1.82) is 0 Å². The van der Waals surface area contributed by atoms with Crippen molar-refractivity contribution in [3.8, 4) is 0 Å². The zero-order valence-electron chi connectivity index (χ0n) is 10.2. The van der Waals surface area contributed by atoms with Crippen LogP contribution in [-0.2, 0) is 9.53 Å². The average Bonchev–Trinajstić information content (AvgIpc) is 2.68. The number of carbonyl (C=O) groups is 1. The molecular weight excluding hydrogens is 204 g/mol. The highest BCUT2D eigenvalue weighted by Gasteiger charge is 2.28. The highest BCUT2D eigenvalue weighted by Crippen LogP contribution is 2.19. The molecule has 0 radical (unpaired) electrons. The van der Waals surface area contributed by atoms with Crippen LogP contribution in [0, 0.1) is 0 Å². The zero-order valence-corrected chi connectivity index (χ0v) is 10.2. The van der Waals surface area contributed by atoms with Crippen LogP contribution in [0.4, 0.5) is 0 Å². The van der Waals surface area contributed by atoms with Gasteiger partial charge in [-0.3, -0.25) is 4.79 Å². The topological polar surface area (TPSA) is 50.4 Å². The van der Waals surface area contributed by atoms with Crippen LogP contribution in [0.15, 0.2) is 0 Å². The number of nitrogens with one attached hydrogen (secondary N) is 2. The van der Waals surface area contributed by atoms with Crippen molar-refractivity contribution in [2.24, 2.45) is 0 Å². The van der Waals surface area contributed by atoms with Gasteiger partial charge >= 0.3 is 0 Å². The molecule has 4 heteroatoms. The van der Waals surface area contributed by atoms with Gasteiger partial charge in [0, 0.05) is 6.04 Å². The van der Waals surface area contributed by atoms with E-state index in [9.17, 15) is 4.79 Å². The molecule has 16 heavy (non-hydrogen) atoms. The number of amides is 1. The molecule has 2 rings (SSSR count). The number of hydrogen-bond acceptors (Lipinski definition) is 3. The average molecular weight is 226 g/mol. The number of hydrogen-bond donors (Lipinski definition) is 2. The van der Waals surface area contributed by atoms with Gasteiger partial charge in [0.1, 0.15) is 0 Å². The van der Waals surface area contributed by atoms with Gasteiger partial charge in [-0.1, -0.05) is 0 Å². The third-order valence-corrected chi connectivity index (χ3v) is 3.42. The highest BCUT2D eigenvalue weighted by molar-refractivity contribution is 5.82. The van der Waals surface area contributed by atoms with Crippen molar-refractivity contribution in [3.63, 3.8) is 0 Å². The number of rotatable bonds is 2. The van der Waals surface area contributed by atoms with Crippen LogP contribution in [0.3, 0.4) is 0 Å². The van der Waals surface area contributed by atoms with Crippen LogP contribution in [-0.4, -0.2) is 36.7 Å². The van der Waals surface area contributed by atoms with Gasteiger partial charge in [-0.15, -0.1) is 0 Å². The Balaban J connectivity index is 1.81. The molecule has 2 heterocycles. The SMILES string of the molecule is C[C@@H]1CC(NC(=O)[C@@H]2CCCN2)C[C@H](C)O1. The van der Waals surface area contributed by atoms with E-state index >= 15 is 0 Å². The fourth-order valence-electron chi connectivity index (χ4n) is 2.73. The molecule has 92 valence electrons. The molecule has 2 fully saturated rings. The van der Waals surface area contributed by atoms with Crippen LogP contribution in [0.2, 0.25) is 0 Å². The standard InChI is InChI=1S/C12H22N2O2/c1-8-6-10(7-9(2)16-8)14-12(15)11-4-3-5-13-11/h8-11,13H,3-7H2,1-2H3,(H,14,15)/t8-,9+,10?,11-/m0/s1. The van der Waals surface area contributed by atoms with Crippen molar-refractivity contribution in [2.45, 2.75) is 63.8 Å². The van der Waals surface area contributed by atoms with Crippen molar-refractivity contribution in [1.82, 2.24) is 10.6 Å². The first-order valence-corrected chi connectivity index (χ1v) is 6.34. The molecule has 2 N–H and O–H groups in total. The predicted octanol–water partition coefficient (Wildman–Crippen LogP) is 0.811. The van der Waals surface area contributed by atoms with Gasteiger partial charge < -0.3 is 15.4 Å². The lowest BCUT2D eigenvalue weighted by Gasteiger charge is -2.33. The maximum atomic E-state index is 11.9. The summed E-state index contributed by atoms with van der Waals surface area (Å²) in [6.45, 7) is 5.12. The van der Waals surface area contributed by atoms with E-state index in [4.69, 9.17) is 4.74 Å². The van der Waals surface area contributed by atoms with Crippen LogP contribution in [0.25, 0.3) is 0 Å². The van der Waals surface area contributed by atoms with Gasteiger partial charge in [-0.05, 0) is 46.1 Å². The molecule has 1 amide bonds. The Kier molecular flexibility index (Phi) is 3.82. The summed E-state index contributed by atoms with van der Waals surface area (Å²) in [6.07, 6.45) is 4.46. The van der Waals surface area contributed by atoms with Crippen LogP contribution in [0.5, 0.6) is 0 Å². The Hall–Kier alpha value is -0.610. The molecule has 0 aromatic rings. The van der Waals surface area contributed by atoms with Gasteiger partial charge in [-0.2, -0.15) is 0 Å². The zero-order chi connectivity index (χ0) is 11.5. The molecule has 4 nitrogen and oxygen atoms in total. The molecule has 1 unspecified atom stereocenters. The second kappa shape index (κ2) is 5.15. The van der Waals surface area contributed by atoms with E-state index in [0.717, 1.165) is 32.2 Å². The van der Waals surface area contributed by atoms with Gasteiger partial charge in [0.25, 0.3) is 0 Å². The summed E-state index contributed by atoms with van der Waals surface area (Å²) in [5, 5.41) is 6.37. The first-order valence-electron chi connectivity index (χ1n) is 6.34. The Morgan fingerprint density at radius 2 is 2.00 bits per heavy atom. The molecule has 4 atom stereocenters. The molecular formula is C12H22N2O2. The quantitative estimate of drug-likeness (QED) is 0.732. The first kappa shape index (κ1) is 11.9. The summed E-state index contributed by atoms with van der Waals surface area (Å²) in [6, 6.07) is 0.321. The van der Waals surface area contributed by atoms with Gasteiger partial charge in [-0.25, -0.2) is 0 Å². The van der Waals surface area contributed by atoms with Gasteiger partial charge in [0.2, 0.25) is 5.91 Å². The van der Waals surface area contributed by atoms with E-state index in [0.29, 0.717) is 0 Å². The van der Waals surface area contributed by atoms with E-state index in [2.05, 4.69) is 24.5 Å². The van der Waals surface area contributed by atoms with Gasteiger partial charge in [0.15, 0.2) is 0 Å². The second-order valence-electron chi connectivity index (χ2n) is 5.08. The Labute approximate surface area is 97.1 Å². The molecule has 2 aliphatic rings. The summed E-state index contributed by atoms with van der Waals surface area (Å²) in [4.78, 5) is 11.9. The fraction of sp³-hybridized carbons (Fsp3) is 0.917. The lowest BCUT2D eigenvalue weighted by molar-refractivity contribution is -0.125. The minimum Gasteiger partial charge on any atom is -0.375 e. The third kappa shape index (κ3) is 2.95. The molecule has 0 bridgehead atoms. The molecule has 2 aliphatic heterocycles. The van der Waals surface area contributed by atoms with E-state index in [1.54, 1.807) is 0 Å². The largest absolute Gasteiger partial charge is 0.375 e. The summed E-state index contributed by atoms with van der Waals surface area (Å²) < 4.78 is 5.66. The lowest BCUT2D eigenvalue weighted by Crippen LogP contribution is -2.49. The molecule has 0 aromatic carbocycles. The molecule has 0 aromatic heterocycles. The summed E-state index contributed by atoms with van der Waals surface area (Å²) in [7, 11) is 0. The van der Waals surface area contributed by atoms with Crippen molar-refractivity contribution in [3.05, 3.63) is 0 Å². The molecule has 0 aliphatic carbocycles. The van der Waals surface area contributed by atoms with Gasteiger partial charge in [0.05, 0.1) is 18.2 Å². The first-order chi connectivity index (χ1) is 7.65. The Morgan fingerprint density at radius 1 is 1.31 bits per heavy atom.